The second-order valence-electron chi connectivity index (χ2n) is 4.20. The summed E-state index contributed by atoms with van der Waals surface area (Å²) < 4.78 is 0. The monoisotopic (exact) mass is 356 g/mol. The average Bonchev–Trinajstić information content (AvgIpc) is 2.44. The van der Waals surface area contributed by atoms with Gasteiger partial charge in [-0.05, 0) is 13.3 Å². The number of rotatable bonds is 7. The summed E-state index contributed by atoms with van der Waals surface area (Å²) in [6.07, 6.45) is 0.123. The average molecular weight is 356 g/mol. The Hall–Kier alpha value is -1.89. The van der Waals surface area contributed by atoms with E-state index in [9.17, 15) is 19.2 Å². The van der Waals surface area contributed by atoms with Crippen LogP contribution in [0, 0.1) is 0 Å². The van der Waals surface area contributed by atoms with Crippen molar-refractivity contribution in [2.45, 2.75) is 37.9 Å². The minimum absolute atomic E-state index is 0.0213. The van der Waals surface area contributed by atoms with Crippen LogP contribution in [0.3, 0.4) is 0 Å². The smallest absolute Gasteiger partial charge is 0.321 e. The summed E-state index contributed by atoms with van der Waals surface area (Å²) in [5.41, 5.74) is 19.6. The number of nitrogens with two attached hydrogens (primary N) is 4. The van der Waals surface area contributed by atoms with Gasteiger partial charge in [0.1, 0.15) is 18.1 Å². The first-order valence-corrected chi connectivity index (χ1v) is 6.84. The highest BCUT2D eigenvalue weighted by Gasteiger charge is 2.11. The Labute approximate surface area is 138 Å². The summed E-state index contributed by atoms with van der Waals surface area (Å²) >= 11 is 3.65. The molecule has 3 atom stereocenters. The van der Waals surface area contributed by atoms with Crippen LogP contribution in [0.5, 0.6) is 0 Å². The molecule has 0 saturated heterocycles. The van der Waals surface area contributed by atoms with Crippen LogP contribution in [0.1, 0.15) is 19.8 Å². The molecule has 23 heavy (non-hydrogen) atoms. The first-order valence-electron chi connectivity index (χ1n) is 6.21. The molecular formula is C11H24N4O7S. The summed E-state index contributed by atoms with van der Waals surface area (Å²) in [7, 11) is 0. The van der Waals surface area contributed by atoms with Gasteiger partial charge < -0.3 is 38.3 Å². The van der Waals surface area contributed by atoms with Crippen LogP contribution < -0.4 is 22.9 Å². The van der Waals surface area contributed by atoms with Crippen molar-refractivity contribution < 1.29 is 34.5 Å². The molecule has 12 heteroatoms. The fourth-order valence-corrected chi connectivity index (χ4v) is 0.656. The van der Waals surface area contributed by atoms with Crippen LogP contribution in [0.15, 0.2) is 0 Å². The van der Waals surface area contributed by atoms with Crippen LogP contribution in [0.2, 0.25) is 0 Å². The highest BCUT2D eigenvalue weighted by molar-refractivity contribution is 7.80. The second-order valence-corrected chi connectivity index (χ2v) is 4.57. The summed E-state index contributed by atoms with van der Waals surface area (Å²) in [6, 6.07) is -2.53. The number of carboxylic acids is 3. The minimum atomic E-state index is -1.11. The van der Waals surface area contributed by atoms with Gasteiger partial charge in [0.15, 0.2) is 0 Å². The van der Waals surface area contributed by atoms with E-state index in [0.29, 0.717) is 0 Å². The van der Waals surface area contributed by atoms with Gasteiger partial charge >= 0.3 is 17.9 Å². The van der Waals surface area contributed by atoms with Crippen LogP contribution in [-0.2, 0) is 19.2 Å². The van der Waals surface area contributed by atoms with Gasteiger partial charge in [0.2, 0.25) is 5.91 Å². The molecule has 0 bridgehead atoms. The Kier molecular flexibility index (Phi) is 17.0. The predicted octanol–water partition coefficient (Wildman–Crippen LogP) is -2.59. The van der Waals surface area contributed by atoms with E-state index in [2.05, 4.69) is 12.6 Å². The zero-order valence-corrected chi connectivity index (χ0v) is 13.5. The number of primary amides is 1. The number of thiol groups is 1. The Morgan fingerprint density at radius 3 is 1.39 bits per heavy atom. The van der Waals surface area contributed by atoms with Gasteiger partial charge in [-0.3, -0.25) is 19.2 Å². The number of aliphatic carboxylic acids is 3. The SMILES string of the molecule is C[C@H](N)C(=O)O.NC(=O)CC[C@H](N)C(=O)O.N[C@@H](CS)C(=O)O. The molecule has 136 valence electrons. The van der Waals surface area contributed by atoms with E-state index < -0.39 is 41.9 Å². The van der Waals surface area contributed by atoms with Crippen LogP contribution in [0.4, 0.5) is 0 Å². The minimum Gasteiger partial charge on any atom is -0.480 e. The molecule has 0 rings (SSSR count). The van der Waals surface area contributed by atoms with Gasteiger partial charge in [0.25, 0.3) is 0 Å². The Bertz CT molecular complexity index is 393. The molecule has 1 amide bonds. The molecule has 0 aliphatic carbocycles. The molecule has 0 aliphatic heterocycles. The first-order chi connectivity index (χ1) is 10.4. The van der Waals surface area contributed by atoms with Crippen molar-refractivity contribution in [1.82, 2.24) is 0 Å². The molecule has 0 spiro atoms. The molecule has 11 nitrogen and oxygen atoms in total. The topological polar surface area (TPSA) is 233 Å². The third-order valence-electron chi connectivity index (χ3n) is 1.92. The lowest BCUT2D eigenvalue weighted by Crippen LogP contribution is -2.31. The summed E-state index contributed by atoms with van der Waals surface area (Å²) in [4.78, 5) is 39.5. The van der Waals surface area contributed by atoms with Gasteiger partial charge in [-0.2, -0.15) is 12.6 Å². The van der Waals surface area contributed by atoms with Crippen molar-refractivity contribution in [2.24, 2.45) is 22.9 Å². The molecule has 0 aromatic rings. The van der Waals surface area contributed by atoms with Crippen molar-refractivity contribution in [3.8, 4) is 0 Å². The van der Waals surface area contributed by atoms with Crippen molar-refractivity contribution in [1.29, 1.82) is 0 Å². The highest BCUT2D eigenvalue weighted by Crippen LogP contribution is 1.92. The number of carbonyl (C=O) groups excluding carboxylic acids is 1. The van der Waals surface area contributed by atoms with Gasteiger partial charge in [-0.1, -0.05) is 0 Å². The van der Waals surface area contributed by atoms with E-state index >= 15 is 0 Å². The number of carboxylic acid groups (broad SMARTS) is 3. The van der Waals surface area contributed by atoms with E-state index in [-0.39, 0.29) is 18.6 Å². The van der Waals surface area contributed by atoms with Crippen molar-refractivity contribution in [3.63, 3.8) is 0 Å². The summed E-state index contributed by atoms with van der Waals surface area (Å²) in [5, 5.41) is 24.1. The summed E-state index contributed by atoms with van der Waals surface area (Å²) in [5.74, 6) is -3.42. The maximum absolute atomic E-state index is 10.1. The lowest BCUT2D eigenvalue weighted by molar-refractivity contribution is -0.139. The van der Waals surface area contributed by atoms with Crippen LogP contribution in [0.25, 0.3) is 0 Å². The zero-order valence-electron chi connectivity index (χ0n) is 12.6. The lowest BCUT2D eigenvalue weighted by Gasteiger charge is -2.01. The molecule has 0 radical (unpaired) electrons. The van der Waals surface area contributed by atoms with Crippen LogP contribution in [-0.4, -0.2) is 63.0 Å². The van der Waals surface area contributed by atoms with E-state index in [1.165, 1.54) is 6.92 Å². The highest BCUT2D eigenvalue weighted by atomic mass is 32.1. The number of carbonyl (C=O) groups is 4. The maximum atomic E-state index is 10.1. The molecule has 0 unspecified atom stereocenters. The number of amides is 1. The third-order valence-corrected chi connectivity index (χ3v) is 2.32. The van der Waals surface area contributed by atoms with Gasteiger partial charge in [-0.15, -0.1) is 0 Å². The number of hydrogen-bond donors (Lipinski definition) is 8. The van der Waals surface area contributed by atoms with E-state index in [0.717, 1.165) is 0 Å². The Morgan fingerprint density at radius 1 is 0.913 bits per heavy atom. The Morgan fingerprint density at radius 2 is 1.26 bits per heavy atom. The fourth-order valence-electron chi connectivity index (χ4n) is 0.499. The molecule has 0 aromatic heterocycles. The second kappa shape index (κ2) is 15.0. The largest absolute Gasteiger partial charge is 0.480 e. The number of hydrogen-bond acceptors (Lipinski definition) is 8. The molecule has 0 heterocycles. The normalized spacial score (nSPS) is 13.1. The molecule has 0 aromatic carbocycles. The standard InChI is InChI=1S/C5H10N2O3.C3H7NO2S.C3H7NO2/c6-3(5(9)10)1-2-4(7)8;4-2(1-7)3(5)6;1-2(4)3(5)6/h3H,1-2,6H2,(H2,7,8)(H,9,10);2,7H,1,4H2,(H,5,6);2H,4H2,1H3,(H,5,6)/t3-;2*2-/m000/s1. The van der Waals surface area contributed by atoms with E-state index in [1.54, 1.807) is 0 Å². The van der Waals surface area contributed by atoms with Crippen molar-refractivity contribution in [2.75, 3.05) is 5.75 Å². The van der Waals surface area contributed by atoms with Crippen molar-refractivity contribution >= 4 is 36.4 Å². The van der Waals surface area contributed by atoms with Gasteiger partial charge in [-0.25, -0.2) is 0 Å². The molecule has 11 N–H and O–H groups in total. The molecule has 0 fully saturated rings. The zero-order chi connectivity index (χ0) is 19.2. The van der Waals surface area contributed by atoms with Gasteiger partial charge in [0.05, 0.1) is 0 Å². The molecule has 0 aliphatic rings. The molecular weight excluding hydrogens is 332 g/mol. The first kappa shape index (κ1) is 26.0. The van der Waals surface area contributed by atoms with Crippen molar-refractivity contribution in [3.05, 3.63) is 0 Å². The van der Waals surface area contributed by atoms with Crippen LogP contribution >= 0.6 is 12.6 Å². The van der Waals surface area contributed by atoms with Gasteiger partial charge in [0, 0.05) is 12.2 Å². The third kappa shape index (κ3) is 22.5. The fraction of sp³-hybridized carbons (Fsp3) is 0.636. The summed E-state index contributed by atoms with van der Waals surface area (Å²) in [6.45, 7) is 1.42. The maximum Gasteiger partial charge on any atom is 0.321 e. The van der Waals surface area contributed by atoms with E-state index in [1.807, 2.05) is 0 Å². The van der Waals surface area contributed by atoms with E-state index in [4.69, 9.17) is 38.3 Å². The quantitative estimate of drug-likeness (QED) is 0.221. The molecule has 0 saturated carbocycles. The lowest BCUT2D eigenvalue weighted by atomic mass is 10.2. The predicted molar refractivity (Wildman–Crippen MR) is 84.8 cm³/mol. The Balaban J connectivity index is -0.000000272.